The topological polar surface area (TPSA) is 67.7 Å². The Labute approximate surface area is 188 Å². The SMILES string of the molecule is Cc1sc2ncn(CCC(=O)N3CCC(CN4CC(C)OC(C)C4)CC3)c(=O)c2c1C. The summed E-state index contributed by atoms with van der Waals surface area (Å²) in [4.78, 5) is 36.4. The van der Waals surface area contributed by atoms with Crippen molar-refractivity contribution in [1.82, 2.24) is 19.4 Å². The normalized spacial score (nSPS) is 23.5. The number of hydrogen-bond acceptors (Lipinski definition) is 6. The number of fused-ring (bicyclic) bond motifs is 1. The maximum absolute atomic E-state index is 12.8. The van der Waals surface area contributed by atoms with Gasteiger partial charge >= 0.3 is 0 Å². The van der Waals surface area contributed by atoms with Crippen LogP contribution in [0.25, 0.3) is 10.2 Å². The maximum Gasteiger partial charge on any atom is 0.262 e. The van der Waals surface area contributed by atoms with Gasteiger partial charge in [0.15, 0.2) is 0 Å². The fraction of sp³-hybridized carbons (Fsp3) is 0.696. The fourth-order valence-corrected chi connectivity index (χ4v) is 5.95. The lowest BCUT2D eigenvalue weighted by molar-refractivity contribution is -0.133. The number of ether oxygens (including phenoxy) is 1. The third kappa shape index (κ3) is 5.02. The number of carbonyl (C=O) groups excluding carboxylic acids is 1. The molecule has 170 valence electrons. The number of carbonyl (C=O) groups is 1. The van der Waals surface area contributed by atoms with Crippen LogP contribution in [0.4, 0.5) is 0 Å². The summed E-state index contributed by atoms with van der Waals surface area (Å²) in [5.41, 5.74) is 0.969. The number of piperidine rings is 1. The molecule has 4 heterocycles. The minimum Gasteiger partial charge on any atom is -0.373 e. The second kappa shape index (κ2) is 9.38. The lowest BCUT2D eigenvalue weighted by Gasteiger charge is -2.39. The highest BCUT2D eigenvalue weighted by Gasteiger charge is 2.28. The van der Waals surface area contributed by atoms with Crippen molar-refractivity contribution in [2.24, 2.45) is 5.92 Å². The van der Waals surface area contributed by atoms with E-state index >= 15 is 0 Å². The van der Waals surface area contributed by atoms with Gasteiger partial charge in [-0.1, -0.05) is 0 Å². The van der Waals surface area contributed by atoms with Gasteiger partial charge in [0.2, 0.25) is 5.91 Å². The molecule has 2 aliphatic heterocycles. The Morgan fingerprint density at radius 3 is 2.55 bits per heavy atom. The first-order chi connectivity index (χ1) is 14.8. The molecule has 2 fully saturated rings. The van der Waals surface area contributed by atoms with Gasteiger partial charge in [-0.3, -0.25) is 19.1 Å². The first-order valence-electron chi connectivity index (χ1n) is 11.4. The first-order valence-corrected chi connectivity index (χ1v) is 12.2. The van der Waals surface area contributed by atoms with Gasteiger partial charge in [-0.05, 0) is 52.0 Å². The third-order valence-corrected chi connectivity index (χ3v) is 7.82. The van der Waals surface area contributed by atoms with Gasteiger partial charge < -0.3 is 9.64 Å². The Kier molecular flexibility index (Phi) is 6.79. The third-order valence-electron chi connectivity index (χ3n) is 6.70. The number of thiophene rings is 1. The lowest BCUT2D eigenvalue weighted by atomic mass is 9.95. The molecule has 7 nitrogen and oxygen atoms in total. The first kappa shape index (κ1) is 22.4. The second-order valence-electron chi connectivity index (χ2n) is 9.26. The van der Waals surface area contributed by atoms with Gasteiger partial charge in [-0.25, -0.2) is 4.98 Å². The molecule has 2 unspecified atom stereocenters. The lowest BCUT2D eigenvalue weighted by Crippen LogP contribution is -2.48. The summed E-state index contributed by atoms with van der Waals surface area (Å²) < 4.78 is 7.42. The van der Waals surface area contributed by atoms with Crippen molar-refractivity contribution < 1.29 is 9.53 Å². The second-order valence-corrected chi connectivity index (χ2v) is 10.5. The van der Waals surface area contributed by atoms with E-state index in [9.17, 15) is 9.59 Å². The largest absolute Gasteiger partial charge is 0.373 e. The molecule has 31 heavy (non-hydrogen) atoms. The molecule has 2 saturated heterocycles. The summed E-state index contributed by atoms with van der Waals surface area (Å²) in [7, 11) is 0. The smallest absolute Gasteiger partial charge is 0.262 e. The summed E-state index contributed by atoms with van der Waals surface area (Å²) >= 11 is 1.55. The number of aromatic nitrogens is 2. The van der Waals surface area contributed by atoms with E-state index in [1.807, 2.05) is 18.7 Å². The number of likely N-dealkylation sites (tertiary alicyclic amines) is 1. The van der Waals surface area contributed by atoms with Crippen molar-refractivity contribution in [3.8, 4) is 0 Å². The van der Waals surface area contributed by atoms with E-state index in [1.54, 1.807) is 22.2 Å². The number of rotatable bonds is 5. The predicted molar refractivity (Wildman–Crippen MR) is 124 cm³/mol. The highest BCUT2D eigenvalue weighted by atomic mass is 32.1. The summed E-state index contributed by atoms with van der Waals surface area (Å²) in [5.74, 6) is 0.776. The van der Waals surface area contributed by atoms with Crippen LogP contribution in [0, 0.1) is 19.8 Å². The zero-order valence-corrected chi connectivity index (χ0v) is 19.9. The number of aryl methyl sites for hydroxylation is 3. The van der Waals surface area contributed by atoms with Crippen LogP contribution in [0.1, 0.15) is 43.6 Å². The van der Waals surface area contributed by atoms with Crippen molar-refractivity contribution in [2.45, 2.75) is 65.7 Å². The molecule has 2 atom stereocenters. The monoisotopic (exact) mass is 446 g/mol. The van der Waals surface area contributed by atoms with Gasteiger partial charge in [0.1, 0.15) is 4.83 Å². The van der Waals surface area contributed by atoms with Crippen molar-refractivity contribution in [1.29, 1.82) is 0 Å². The molecule has 4 rings (SSSR count). The molecule has 0 saturated carbocycles. The van der Waals surface area contributed by atoms with E-state index in [-0.39, 0.29) is 11.5 Å². The summed E-state index contributed by atoms with van der Waals surface area (Å²) in [5, 5.41) is 0.699. The quantitative estimate of drug-likeness (QED) is 0.707. The molecule has 2 aromatic heterocycles. The molecule has 2 aromatic rings. The maximum atomic E-state index is 12.8. The van der Waals surface area contributed by atoms with Crippen LogP contribution in [0.2, 0.25) is 0 Å². The van der Waals surface area contributed by atoms with E-state index in [2.05, 4.69) is 23.7 Å². The minimum absolute atomic E-state index is 0.0349. The highest BCUT2D eigenvalue weighted by molar-refractivity contribution is 7.18. The summed E-state index contributed by atoms with van der Waals surface area (Å²) in [6.07, 6.45) is 4.62. The van der Waals surface area contributed by atoms with E-state index in [0.717, 1.165) is 60.8 Å². The van der Waals surface area contributed by atoms with Crippen molar-refractivity contribution in [2.75, 3.05) is 32.7 Å². The molecule has 1 amide bonds. The van der Waals surface area contributed by atoms with Crippen molar-refractivity contribution >= 4 is 27.5 Å². The van der Waals surface area contributed by atoms with Gasteiger partial charge in [0, 0.05) is 50.6 Å². The van der Waals surface area contributed by atoms with Gasteiger partial charge in [0.05, 0.1) is 23.9 Å². The van der Waals surface area contributed by atoms with E-state index in [4.69, 9.17) is 4.74 Å². The zero-order chi connectivity index (χ0) is 22.1. The Hall–Kier alpha value is -1.77. The van der Waals surface area contributed by atoms with Crippen LogP contribution in [0.5, 0.6) is 0 Å². The molecule has 0 N–H and O–H groups in total. The van der Waals surface area contributed by atoms with Gasteiger partial charge in [-0.15, -0.1) is 11.3 Å². The highest BCUT2D eigenvalue weighted by Crippen LogP contribution is 2.25. The Morgan fingerprint density at radius 2 is 1.87 bits per heavy atom. The standard InChI is InChI=1S/C23H34N4O3S/c1-15-11-25(12-16(2)30-15)13-19-5-8-26(9-6-19)20(28)7-10-27-14-24-22-21(23(27)29)17(3)18(4)31-22/h14-16,19H,5-13H2,1-4H3. The zero-order valence-electron chi connectivity index (χ0n) is 19.1. The molecule has 0 spiro atoms. The van der Waals surface area contributed by atoms with Gasteiger partial charge in [-0.2, -0.15) is 0 Å². The Morgan fingerprint density at radius 1 is 1.19 bits per heavy atom. The average Bonchev–Trinajstić information content (AvgIpc) is 3.01. The van der Waals surface area contributed by atoms with Crippen molar-refractivity contribution in [3.05, 3.63) is 27.1 Å². The van der Waals surface area contributed by atoms with Crippen molar-refractivity contribution in [3.63, 3.8) is 0 Å². The number of amides is 1. The van der Waals surface area contributed by atoms with Crippen LogP contribution in [0.15, 0.2) is 11.1 Å². The predicted octanol–water partition coefficient (Wildman–Crippen LogP) is 2.81. The van der Waals surface area contributed by atoms with Crippen LogP contribution in [0.3, 0.4) is 0 Å². The summed E-state index contributed by atoms with van der Waals surface area (Å²) in [6.45, 7) is 13.4. The molecule has 8 heteroatoms. The van der Waals surface area contributed by atoms with Crippen LogP contribution in [-0.4, -0.2) is 70.2 Å². The minimum atomic E-state index is -0.0349. The Balaban J connectivity index is 1.28. The van der Waals surface area contributed by atoms with Gasteiger partial charge in [0.25, 0.3) is 5.56 Å². The van der Waals surface area contributed by atoms with Crippen LogP contribution < -0.4 is 5.56 Å². The van der Waals surface area contributed by atoms with Crippen LogP contribution >= 0.6 is 11.3 Å². The molecular weight excluding hydrogens is 412 g/mol. The molecule has 0 bridgehead atoms. The molecule has 0 aromatic carbocycles. The molecule has 0 aliphatic carbocycles. The van der Waals surface area contributed by atoms with E-state index < -0.39 is 0 Å². The average molecular weight is 447 g/mol. The Bertz CT molecular complexity index is 983. The molecule has 2 aliphatic rings. The number of nitrogens with zero attached hydrogens (tertiary/aromatic N) is 4. The number of morpholine rings is 1. The fourth-order valence-electron chi connectivity index (χ4n) is 4.97. The molecule has 0 radical (unpaired) electrons. The number of hydrogen-bond donors (Lipinski definition) is 0. The molecular formula is C23H34N4O3S. The summed E-state index contributed by atoms with van der Waals surface area (Å²) in [6, 6.07) is 0. The van der Waals surface area contributed by atoms with Crippen LogP contribution in [-0.2, 0) is 16.1 Å². The van der Waals surface area contributed by atoms with E-state index in [0.29, 0.717) is 36.5 Å². The van der Waals surface area contributed by atoms with E-state index in [1.165, 1.54) is 0 Å².